The summed E-state index contributed by atoms with van der Waals surface area (Å²) in [6.07, 6.45) is -1.67. The number of β-lactam (4-membered cyclic amide) rings is 1. The highest BCUT2D eigenvalue weighted by molar-refractivity contribution is 8.00. The lowest BCUT2D eigenvalue weighted by Crippen LogP contribution is -2.71. The number of esters is 3. The molecule has 0 aromatic heterocycles. The van der Waals surface area contributed by atoms with E-state index in [1.54, 1.807) is 30.3 Å². The average molecular weight is 797 g/mol. The van der Waals surface area contributed by atoms with Crippen LogP contribution in [-0.4, -0.2) is 70.6 Å². The van der Waals surface area contributed by atoms with Gasteiger partial charge in [0.1, 0.15) is 17.7 Å². The van der Waals surface area contributed by atoms with Crippen molar-refractivity contribution in [2.45, 2.75) is 36.5 Å². The van der Waals surface area contributed by atoms with Gasteiger partial charge in [-0.25, -0.2) is 9.86 Å². The van der Waals surface area contributed by atoms with Gasteiger partial charge in [-0.05, 0) is 27.8 Å². The van der Waals surface area contributed by atoms with Crippen molar-refractivity contribution in [3.8, 4) is 0 Å². The second-order valence-corrected chi connectivity index (χ2v) is 14.6. The summed E-state index contributed by atoms with van der Waals surface area (Å²) in [5, 5.41) is 0.0763. The number of hydrogen-bond donors (Lipinski definition) is 0. The van der Waals surface area contributed by atoms with Crippen LogP contribution in [0.1, 0.15) is 52.9 Å². The van der Waals surface area contributed by atoms with Gasteiger partial charge in [0.2, 0.25) is 0 Å². The van der Waals surface area contributed by atoms with Gasteiger partial charge in [-0.3, -0.25) is 28.9 Å². The van der Waals surface area contributed by atoms with Crippen LogP contribution in [0.2, 0.25) is 0 Å². The molecule has 58 heavy (non-hydrogen) atoms. The van der Waals surface area contributed by atoms with Gasteiger partial charge in [-0.1, -0.05) is 152 Å². The minimum atomic E-state index is -1.52. The Morgan fingerprint density at radius 3 is 1.53 bits per heavy atom. The van der Waals surface area contributed by atoms with Crippen LogP contribution in [-0.2, 0) is 43.0 Å². The second-order valence-electron chi connectivity index (χ2n) is 13.5. The zero-order valence-electron chi connectivity index (χ0n) is 31.7. The molecule has 1 saturated heterocycles. The molecule has 1 fully saturated rings. The lowest BCUT2D eigenvalue weighted by atomic mass is 9.95. The Morgan fingerprint density at radius 2 is 1.10 bits per heavy atom. The first kappa shape index (κ1) is 39.7. The number of fused-ring (bicyclic) bond motifs is 1. The highest BCUT2D eigenvalue weighted by Crippen LogP contribution is 2.44. The molecule has 0 bridgehead atoms. The van der Waals surface area contributed by atoms with Gasteiger partial charge in [0.25, 0.3) is 11.8 Å². The maximum Gasteiger partial charge on any atom is 0.356 e. The third-order valence-corrected chi connectivity index (χ3v) is 11.1. The van der Waals surface area contributed by atoms with Crippen LogP contribution < -0.4 is 0 Å². The van der Waals surface area contributed by atoms with Gasteiger partial charge in [0.05, 0.1) is 7.11 Å². The Balaban J connectivity index is 1.19. The quantitative estimate of drug-likeness (QED) is 0.0384. The number of ether oxygens (including phenoxy) is 3. The number of nitrogens with zero attached hydrogens (tertiary/aromatic N) is 2. The fourth-order valence-corrected chi connectivity index (χ4v) is 8.40. The van der Waals surface area contributed by atoms with Gasteiger partial charge < -0.3 is 14.2 Å². The van der Waals surface area contributed by atoms with Crippen molar-refractivity contribution in [3.63, 3.8) is 0 Å². The SMILES string of the molecule is CON(C(=O)C(C(=O)OC(c1ccccc1)c1ccccc1)c1ccccc1)C1C(=O)N2C(C(=O)OC(c3ccccc3)c3ccccc3)=C(COC(C)=O)CS[C@@H]12. The summed E-state index contributed by atoms with van der Waals surface area (Å²) in [5.74, 6) is -5.07. The van der Waals surface area contributed by atoms with Crippen molar-refractivity contribution < 1.29 is 43.0 Å². The molecule has 294 valence electrons. The highest BCUT2D eigenvalue weighted by atomic mass is 32.2. The highest BCUT2D eigenvalue weighted by Gasteiger charge is 2.59. The third-order valence-electron chi connectivity index (χ3n) is 9.81. The fourth-order valence-electron chi connectivity index (χ4n) is 7.04. The Bertz CT molecular complexity index is 2200. The summed E-state index contributed by atoms with van der Waals surface area (Å²) in [6, 6.07) is 43.9. The first-order valence-electron chi connectivity index (χ1n) is 18.6. The predicted octanol–water partition coefficient (Wildman–Crippen LogP) is 6.93. The fraction of sp³-hybridized carbons (Fsp3) is 0.196. The predicted molar refractivity (Wildman–Crippen MR) is 215 cm³/mol. The van der Waals surface area contributed by atoms with E-state index in [4.69, 9.17) is 19.0 Å². The monoisotopic (exact) mass is 796 g/mol. The number of carbonyl (C=O) groups is 5. The number of hydroxylamine groups is 2. The molecule has 0 saturated carbocycles. The molecule has 0 spiro atoms. The van der Waals surface area contributed by atoms with E-state index in [2.05, 4.69) is 0 Å². The molecule has 0 aliphatic carbocycles. The number of hydrogen-bond acceptors (Lipinski definition) is 10. The van der Waals surface area contributed by atoms with E-state index >= 15 is 0 Å². The maximum atomic E-state index is 14.7. The summed E-state index contributed by atoms with van der Waals surface area (Å²) >= 11 is 1.26. The van der Waals surface area contributed by atoms with Crippen LogP contribution >= 0.6 is 11.8 Å². The van der Waals surface area contributed by atoms with Crippen molar-refractivity contribution in [3.05, 3.63) is 191 Å². The molecule has 2 heterocycles. The van der Waals surface area contributed by atoms with Crippen molar-refractivity contribution in [1.82, 2.24) is 9.96 Å². The lowest BCUT2D eigenvalue weighted by Gasteiger charge is -2.52. The third kappa shape index (κ3) is 8.43. The minimum Gasteiger partial charge on any atom is -0.461 e. The molecule has 5 aromatic carbocycles. The van der Waals surface area contributed by atoms with Gasteiger partial charge >= 0.3 is 17.9 Å². The Hall–Kier alpha value is -6.50. The van der Waals surface area contributed by atoms with Crippen LogP contribution in [0.5, 0.6) is 0 Å². The molecule has 3 atom stereocenters. The van der Waals surface area contributed by atoms with Gasteiger partial charge in [-0.15, -0.1) is 11.8 Å². The molecule has 2 amide bonds. The minimum absolute atomic E-state index is 0.0841. The number of amides is 2. The van der Waals surface area contributed by atoms with Crippen molar-refractivity contribution in [2.75, 3.05) is 19.5 Å². The van der Waals surface area contributed by atoms with Crippen LogP contribution in [0.4, 0.5) is 0 Å². The smallest absolute Gasteiger partial charge is 0.356 e. The number of carbonyl (C=O) groups excluding carboxylic acids is 5. The van der Waals surface area contributed by atoms with E-state index in [-0.39, 0.29) is 18.1 Å². The van der Waals surface area contributed by atoms with E-state index in [0.29, 0.717) is 33.4 Å². The first-order valence-corrected chi connectivity index (χ1v) is 19.6. The first-order chi connectivity index (χ1) is 28.3. The molecule has 2 aliphatic rings. The van der Waals surface area contributed by atoms with Crippen LogP contribution in [0.25, 0.3) is 0 Å². The molecule has 0 radical (unpaired) electrons. The lowest BCUT2D eigenvalue weighted by molar-refractivity contribution is -0.211. The molecule has 2 aliphatic heterocycles. The molecular weight excluding hydrogens is 757 g/mol. The molecule has 2 unspecified atom stereocenters. The van der Waals surface area contributed by atoms with E-state index in [0.717, 1.165) is 5.06 Å². The Kier molecular flexibility index (Phi) is 12.5. The number of rotatable bonds is 14. The van der Waals surface area contributed by atoms with Gasteiger partial charge in [-0.2, -0.15) is 0 Å². The normalized spacial score (nSPS) is 16.6. The molecular formula is C46H40N2O9S. The molecule has 11 nitrogen and oxygen atoms in total. The summed E-state index contributed by atoms with van der Waals surface area (Å²) < 4.78 is 17.7. The summed E-state index contributed by atoms with van der Waals surface area (Å²) in [6.45, 7) is 0.995. The molecule has 5 aromatic rings. The van der Waals surface area contributed by atoms with Crippen molar-refractivity contribution in [1.29, 1.82) is 0 Å². The Labute approximate surface area is 340 Å². The zero-order valence-corrected chi connectivity index (χ0v) is 32.5. The Morgan fingerprint density at radius 1 is 0.672 bits per heavy atom. The van der Waals surface area contributed by atoms with Crippen LogP contribution in [0, 0.1) is 0 Å². The zero-order chi connectivity index (χ0) is 40.6. The molecule has 7 rings (SSSR count). The summed E-state index contributed by atoms with van der Waals surface area (Å²) in [7, 11) is 1.24. The van der Waals surface area contributed by atoms with Crippen LogP contribution in [0.3, 0.4) is 0 Å². The summed E-state index contributed by atoms with van der Waals surface area (Å²) in [4.78, 5) is 76.6. The number of benzene rings is 5. The van der Waals surface area contributed by atoms with Crippen LogP contribution in [0.15, 0.2) is 163 Å². The molecule has 0 N–H and O–H groups in total. The van der Waals surface area contributed by atoms with E-state index in [1.807, 2.05) is 121 Å². The largest absolute Gasteiger partial charge is 0.461 e. The van der Waals surface area contributed by atoms with E-state index in [1.165, 1.54) is 30.7 Å². The standard InChI is InChI=1S/C46H40N2O9S/c1-30(49)55-28-36-29-58-44-39(43(51)47(44)38(36)46(53)57-41(34-24-14-6-15-25-34)35-26-16-7-17-27-35)48(54-2)42(50)37(31-18-8-3-9-19-31)45(52)56-40(32-20-10-4-11-21-32)33-22-12-5-13-23-33/h3-27,37,39-41,44H,28-29H2,1-2H3/t37?,39?,44-/m0/s1. The average Bonchev–Trinajstić information content (AvgIpc) is 3.26. The van der Waals surface area contributed by atoms with Gasteiger partial charge in [0, 0.05) is 18.2 Å². The summed E-state index contributed by atoms with van der Waals surface area (Å²) in [5.41, 5.74) is 3.42. The number of thioether (sulfide) groups is 1. The van der Waals surface area contributed by atoms with Crippen molar-refractivity contribution in [2.24, 2.45) is 0 Å². The topological polar surface area (TPSA) is 129 Å². The molecule has 12 heteroatoms. The van der Waals surface area contributed by atoms with Crippen molar-refractivity contribution >= 4 is 41.5 Å². The maximum absolute atomic E-state index is 14.7. The second kappa shape index (κ2) is 18.2. The van der Waals surface area contributed by atoms with E-state index in [9.17, 15) is 24.0 Å². The van der Waals surface area contributed by atoms with E-state index < -0.39 is 59.3 Å². The van der Waals surface area contributed by atoms with Gasteiger partial charge in [0.15, 0.2) is 24.2 Å².